The first-order valence-electron chi connectivity index (χ1n) is 4.96. The van der Waals surface area contributed by atoms with Crippen LogP contribution in [0.5, 0.6) is 0 Å². The molecule has 1 aromatic carbocycles. The minimum absolute atomic E-state index is 0.0491. The van der Waals surface area contributed by atoms with Crippen molar-refractivity contribution in [3.05, 3.63) is 28.0 Å². The van der Waals surface area contributed by atoms with Gasteiger partial charge in [0.1, 0.15) is 0 Å². The third-order valence-corrected chi connectivity index (χ3v) is 2.90. The number of rotatable bonds is 5. The first-order valence-corrected chi connectivity index (χ1v) is 5.76. The van der Waals surface area contributed by atoms with E-state index < -0.39 is 11.8 Å². The van der Waals surface area contributed by atoms with Gasteiger partial charge in [0.05, 0.1) is 15.7 Å². The molecule has 2 N–H and O–H groups in total. The van der Waals surface area contributed by atoms with Crippen molar-refractivity contribution in [3.8, 4) is 12.3 Å². The zero-order chi connectivity index (χ0) is 12.8. The van der Waals surface area contributed by atoms with Crippen LogP contribution in [0.25, 0.3) is 0 Å². The summed E-state index contributed by atoms with van der Waals surface area (Å²) in [5.41, 5.74) is 0.163. The van der Waals surface area contributed by atoms with Gasteiger partial charge in [-0.3, -0.25) is 0 Å². The number of hydrogen-bond donors (Lipinski definition) is 2. The fourth-order valence-corrected chi connectivity index (χ4v) is 1.78. The van der Waals surface area contributed by atoms with Gasteiger partial charge in [0.25, 0.3) is 0 Å². The summed E-state index contributed by atoms with van der Waals surface area (Å²) < 4.78 is 13.7. The molecule has 1 rings (SSSR count). The zero-order valence-electron chi connectivity index (χ0n) is 8.96. The summed E-state index contributed by atoms with van der Waals surface area (Å²) >= 11 is 2.93. The van der Waals surface area contributed by atoms with E-state index in [1.54, 1.807) is 0 Å². The van der Waals surface area contributed by atoms with Gasteiger partial charge in [0.15, 0.2) is 5.82 Å². The van der Waals surface area contributed by atoms with E-state index in [1.165, 1.54) is 12.1 Å². The van der Waals surface area contributed by atoms with Crippen molar-refractivity contribution in [1.82, 2.24) is 0 Å². The number of benzene rings is 1. The number of halogens is 2. The molecule has 0 radical (unpaired) electrons. The van der Waals surface area contributed by atoms with Gasteiger partial charge in [0, 0.05) is 13.0 Å². The standard InChI is InChI=1S/C12H11BrFNO2/c1-2-3-4-7-15-9-6-5-8(12(16)17)10(13)11(9)14/h1,5-6,15H,3-4,7H2,(H,16,17). The van der Waals surface area contributed by atoms with Crippen molar-refractivity contribution < 1.29 is 14.3 Å². The van der Waals surface area contributed by atoms with E-state index in [2.05, 4.69) is 27.2 Å². The lowest BCUT2D eigenvalue weighted by molar-refractivity contribution is 0.0695. The van der Waals surface area contributed by atoms with Crippen molar-refractivity contribution in [1.29, 1.82) is 0 Å². The molecule has 0 fully saturated rings. The highest BCUT2D eigenvalue weighted by Crippen LogP contribution is 2.27. The number of carbonyl (C=O) groups is 1. The number of carboxylic acid groups (broad SMARTS) is 1. The molecule has 0 saturated carbocycles. The molecule has 0 unspecified atom stereocenters. The van der Waals surface area contributed by atoms with E-state index in [0.29, 0.717) is 13.0 Å². The molecule has 0 amide bonds. The summed E-state index contributed by atoms with van der Waals surface area (Å²) in [7, 11) is 0. The van der Waals surface area contributed by atoms with E-state index >= 15 is 0 Å². The maximum absolute atomic E-state index is 13.7. The highest BCUT2D eigenvalue weighted by molar-refractivity contribution is 9.10. The van der Waals surface area contributed by atoms with Gasteiger partial charge in [-0.25, -0.2) is 9.18 Å². The first kappa shape index (κ1) is 13.5. The molecular weight excluding hydrogens is 289 g/mol. The molecule has 0 saturated heterocycles. The normalized spacial score (nSPS) is 9.71. The van der Waals surface area contributed by atoms with Crippen LogP contribution < -0.4 is 5.32 Å². The number of carboxylic acids is 1. The lowest BCUT2D eigenvalue weighted by Crippen LogP contribution is -2.06. The zero-order valence-corrected chi connectivity index (χ0v) is 10.6. The number of anilines is 1. The molecule has 0 aliphatic carbocycles. The Bertz CT molecular complexity index is 468. The second-order valence-corrected chi connectivity index (χ2v) is 4.12. The fourth-order valence-electron chi connectivity index (χ4n) is 1.26. The average Bonchev–Trinajstić information content (AvgIpc) is 2.29. The van der Waals surface area contributed by atoms with Crippen LogP contribution in [0.15, 0.2) is 16.6 Å². The minimum Gasteiger partial charge on any atom is -0.478 e. The van der Waals surface area contributed by atoms with E-state index in [1.807, 2.05) is 0 Å². The Balaban J connectivity index is 2.79. The summed E-state index contributed by atoms with van der Waals surface area (Å²) in [4.78, 5) is 10.7. The maximum Gasteiger partial charge on any atom is 0.336 e. The number of aromatic carboxylic acids is 1. The second-order valence-electron chi connectivity index (χ2n) is 3.33. The van der Waals surface area contributed by atoms with Crippen LogP contribution in [0.3, 0.4) is 0 Å². The van der Waals surface area contributed by atoms with E-state index in [4.69, 9.17) is 11.5 Å². The third kappa shape index (κ3) is 3.46. The van der Waals surface area contributed by atoms with Gasteiger partial charge < -0.3 is 10.4 Å². The Labute approximate surface area is 107 Å². The molecule has 0 aliphatic heterocycles. The lowest BCUT2D eigenvalue weighted by atomic mass is 10.2. The Kier molecular flexibility index (Phi) is 4.98. The summed E-state index contributed by atoms with van der Waals surface area (Å²) in [5, 5.41) is 11.6. The molecule has 1 aromatic rings. The second kappa shape index (κ2) is 6.26. The molecule has 5 heteroatoms. The Hall–Kier alpha value is -1.54. The molecule has 0 spiro atoms. The summed E-state index contributed by atoms with van der Waals surface area (Å²) in [6.07, 6.45) is 6.44. The maximum atomic E-state index is 13.7. The third-order valence-electron chi connectivity index (χ3n) is 2.13. The van der Waals surface area contributed by atoms with Crippen molar-refractivity contribution in [2.45, 2.75) is 12.8 Å². The van der Waals surface area contributed by atoms with Crippen LogP contribution in [0.4, 0.5) is 10.1 Å². The molecule has 0 bridgehead atoms. The molecule has 17 heavy (non-hydrogen) atoms. The van der Waals surface area contributed by atoms with Gasteiger partial charge >= 0.3 is 5.97 Å². The Morgan fingerprint density at radius 3 is 2.88 bits per heavy atom. The number of unbranched alkanes of at least 4 members (excludes halogenated alkanes) is 1. The van der Waals surface area contributed by atoms with Crippen molar-refractivity contribution >= 4 is 27.6 Å². The molecule has 0 atom stereocenters. The highest BCUT2D eigenvalue weighted by Gasteiger charge is 2.15. The Morgan fingerprint density at radius 1 is 1.59 bits per heavy atom. The van der Waals surface area contributed by atoms with Crippen LogP contribution in [0, 0.1) is 18.2 Å². The highest BCUT2D eigenvalue weighted by atomic mass is 79.9. The van der Waals surface area contributed by atoms with Crippen LogP contribution >= 0.6 is 15.9 Å². The summed E-state index contributed by atoms with van der Waals surface area (Å²) in [5.74, 6) is 0.706. The molecule has 0 heterocycles. The summed E-state index contributed by atoms with van der Waals surface area (Å²) in [6, 6.07) is 2.75. The molecule has 0 aromatic heterocycles. The van der Waals surface area contributed by atoms with Crippen molar-refractivity contribution in [2.24, 2.45) is 0 Å². The smallest absolute Gasteiger partial charge is 0.336 e. The molecular formula is C12H11BrFNO2. The topological polar surface area (TPSA) is 49.3 Å². The van der Waals surface area contributed by atoms with E-state index in [-0.39, 0.29) is 15.7 Å². The van der Waals surface area contributed by atoms with Crippen LogP contribution in [0.1, 0.15) is 23.2 Å². The average molecular weight is 300 g/mol. The lowest BCUT2D eigenvalue weighted by Gasteiger charge is -2.09. The van der Waals surface area contributed by atoms with Crippen LogP contribution in [-0.4, -0.2) is 17.6 Å². The first-order chi connectivity index (χ1) is 8.07. The quantitative estimate of drug-likeness (QED) is 0.649. The predicted octanol–water partition coefficient (Wildman–Crippen LogP) is 3.11. The molecule has 0 aliphatic rings. The molecule has 90 valence electrons. The van der Waals surface area contributed by atoms with Crippen LogP contribution in [0.2, 0.25) is 0 Å². The summed E-state index contributed by atoms with van der Waals surface area (Å²) in [6.45, 7) is 0.542. The van der Waals surface area contributed by atoms with Crippen molar-refractivity contribution in [2.75, 3.05) is 11.9 Å². The predicted molar refractivity (Wildman–Crippen MR) is 67.6 cm³/mol. The van der Waals surface area contributed by atoms with Gasteiger partial charge in [-0.15, -0.1) is 12.3 Å². The fraction of sp³-hybridized carbons (Fsp3) is 0.250. The van der Waals surface area contributed by atoms with Gasteiger partial charge in [-0.05, 0) is 34.5 Å². The monoisotopic (exact) mass is 299 g/mol. The van der Waals surface area contributed by atoms with Crippen molar-refractivity contribution in [3.63, 3.8) is 0 Å². The largest absolute Gasteiger partial charge is 0.478 e. The Morgan fingerprint density at radius 2 is 2.29 bits per heavy atom. The molecule has 3 nitrogen and oxygen atoms in total. The number of terminal acetylenes is 1. The van der Waals surface area contributed by atoms with Gasteiger partial charge in [0.2, 0.25) is 0 Å². The van der Waals surface area contributed by atoms with E-state index in [9.17, 15) is 9.18 Å². The number of nitrogens with one attached hydrogen (secondary N) is 1. The SMILES string of the molecule is C#CCCCNc1ccc(C(=O)O)c(Br)c1F. The van der Waals surface area contributed by atoms with Gasteiger partial charge in [-0.2, -0.15) is 0 Å². The van der Waals surface area contributed by atoms with Crippen LogP contribution in [-0.2, 0) is 0 Å². The minimum atomic E-state index is -1.17. The van der Waals surface area contributed by atoms with Gasteiger partial charge in [-0.1, -0.05) is 0 Å². The van der Waals surface area contributed by atoms with E-state index in [0.717, 1.165) is 6.42 Å². The number of hydrogen-bond acceptors (Lipinski definition) is 2.